The van der Waals surface area contributed by atoms with Crippen molar-refractivity contribution >= 4 is 11.7 Å². The summed E-state index contributed by atoms with van der Waals surface area (Å²) in [6.07, 6.45) is 8.95. The predicted molar refractivity (Wildman–Crippen MR) is 73.1 cm³/mol. The fourth-order valence-corrected chi connectivity index (χ4v) is 2.58. The van der Waals surface area contributed by atoms with Crippen LogP contribution in [0, 0.1) is 0 Å². The maximum Gasteiger partial charge on any atom is 0.335 e. The van der Waals surface area contributed by atoms with E-state index in [0.717, 1.165) is 5.69 Å². The van der Waals surface area contributed by atoms with E-state index in [1.165, 1.54) is 44.9 Å². The normalized spacial score (nSPS) is 17.8. The second-order valence-electron chi connectivity index (χ2n) is 5.07. The molecule has 98 valence electrons. The smallest absolute Gasteiger partial charge is 0.335 e. The number of carbonyl (C=O) groups is 1. The first kappa shape index (κ1) is 12.9. The van der Waals surface area contributed by atoms with Crippen LogP contribution in [0.1, 0.15) is 55.3 Å². The second kappa shape index (κ2) is 6.43. The molecule has 2 rings (SSSR count). The Kier molecular flexibility index (Phi) is 4.62. The SMILES string of the molecule is O=C(O)c1cccc(NC2CCCCCCC2)c1. The number of hydrogen-bond donors (Lipinski definition) is 2. The fraction of sp³-hybridized carbons (Fsp3) is 0.533. The molecule has 0 spiro atoms. The summed E-state index contributed by atoms with van der Waals surface area (Å²) in [5.41, 5.74) is 1.28. The minimum absolute atomic E-state index is 0.353. The van der Waals surface area contributed by atoms with Gasteiger partial charge >= 0.3 is 5.97 Å². The molecule has 0 radical (unpaired) electrons. The molecule has 0 aliphatic heterocycles. The number of aromatic carboxylic acids is 1. The number of anilines is 1. The van der Waals surface area contributed by atoms with Crippen LogP contribution in [0.3, 0.4) is 0 Å². The van der Waals surface area contributed by atoms with E-state index in [1.807, 2.05) is 6.07 Å². The highest BCUT2D eigenvalue weighted by Crippen LogP contribution is 2.21. The van der Waals surface area contributed by atoms with Crippen molar-refractivity contribution in [2.75, 3.05) is 5.32 Å². The van der Waals surface area contributed by atoms with E-state index < -0.39 is 5.97 Å². The Labute approximate surface area is 108 Å². The molecule has 0 saturated heterocycles. The van der Waals surface area contributed by atoms with Crippen LogP contribution in [0.5, 0.6) is 0 Å². The maximum absolute atomic E-state index is 10.9. The Morgan fingerprint density at radius 1 is 1.11 bits per heavy atom. The average molecular weight is 247 g/mol. The number of rotatable bonds is 3. The van der Waals surface area contributed by atoms with Crippen molar-refractivity contribution in [2.45, 2.75) is 51.0 Å². The first-order valence-electron chi connectivity index (χ1n) is 6.85. The summed E-state index contributed by atoms with van der Waals surface area (Å²) in [5, 5.41) is 12.5. The van der Waals surface area contributed by atoms with E-state index in [9.17, 15) is 4.79 Å². The molecule has 0 atom stereocenters. The number of hydrogen-bond acceptors (Lipinski definition) is 2. The van der Waals surface area contributed by atoms with Crippen LogP contribution in [-0.4, -0.2) is 17.1 Å². The van der Waals surface area contributed by atoms with Crippen molar-refractivity contribution in [1.82, 2.24) is 0 Å². The molecule has 0 amide bonds. The van der Waals surface area contributed by atoms with Crippen molar-refractivity contribution in [1.29, 1.82) is 0 Å². The van der Waals surface area contributed by atoms with Crippen molar-refractivity contribution in [3.8, 4) is 0 Å². The van der Waals surface area contributed by atoms with Gasteiger partial charge in [0.2, 0.25) is 0 Å². The number of nitrogens with one attached hydrogen (secondary N) is 1. The first-order valence-corrected chi connectivity index (χ1v) is 6.85. The van der Waals surface area contributed by atoms with Crippen molar-refractivity contribution in [3.63, 3.8) is 0 Å². The summed E-state index contributed by atoms with van der Waals surface area (Å²) in [5.74, 6) is -0.865. The number of carboxylic acid groups (broad SMARTS) is 1. The molecule has 2 N–H and O–H groups in total. The number of carboxylic acids is 1. The zero-order chi connectivity index (χ0) is 12.8. The van der Waals surface area contributed by atoms with Gasteiger partial charge < -0.3 is 10.4 Å². The minimum Gasteiger partial charge on any atom is -0.478 e. The lowest BCUT2D eigenvalue weighted by atomic mass is 9.96. The van der Waals surface area contributed by atoms with E-state index in [1.54, 1.807) is 18.2 Å². The molecule has 1 aromatic carbocycles. The van der Waals surface area contributed by atoms with Gasteiger partial charge in [-0.15, -0.1) is 0 Å². The van der Waals surface area contributed by atoms with Gasteiger partial charge in [-0.05, 0) is 31.0 Å². The summed E-state index contributed by atoms with van der Waals surface area (Å²) in [7, 11) is 0. The lowest BCUT2D eigenvalue weighted by Gasteiger charge is -2.22. The minimum atomic E-state index is -0.865. The molecular weight excluding hydrogens is 226 g/mol. The molecule has 18 heavy (non-hydrogen) atoms. The lowest BCUT2D eigenvalue weighted by Crippen LogP contribution is -2.20. The topological polar surface area (TPSA) is 49.3 Å². The van der Waals surface area contributed by atoms with Gasteiger partial charge in [-0.1, -0.05) is 38.2 Å². The summed E-state index contributed by atoms with van der Waals surface area (Å²) < 4.78 is 0. The van der Waals surface area contributed by atoms with Gasteiger partial charge in [0.05, 0.1) is 5.56 Å². The third-order valence-electron chi connectivity index (χ3n) is 3.59. The van der Waals surface area contributed by atoms with Gasteiger partial charge in [0.25, 0.3) is 0 Å². The Balaban J connectivity index is 1.98. The van der Waals surface area contributed by atoms with Gasteiger partial charge in [-0.3, -0.25) is 0 Å². The molecule has 0 heterocycles. The monoisotopic (exact) mass is 247 g/mol. The maximum atomic E-state index is 10.9. The fourth-order valence-electron chi connectivity index (χ4n) is 2.58. The van der Waals surface area contributed by atoms with Gasteiger partial charge in [-0.25, -0.2) is 4.79 Å². The third-order valence-corrected chi connectivity index (χ3v) is 3.59. The van der Waals surface area contributed by atoms with E-state index in [2.05, 4.69) is 5.32 Å². The highest BCUT2D eigenvalue weighted by molar-refractivity contribution is 5.88. The van der Waals surface area contributed by atoms with Gasteiger partial charge in [0.15, 0.2) is 0 Å². The highest BCUT2D eigenvalue weighted by Gasteiger charge is 2.11. The van der Waals surface area contributed by atoms with Crippen molar-refractivity contribution in [3.05, 3.63) is 29.8 Å². The summed E-state index contributed by atoms with van der Waals surface area (Å²) >= 11 is 0. The van der Waals surface area contributed by atoms with Crippen molar-refractivity contribution in [2.24, 2.45) is 0 Å². The quantitative estimate of drug-likeness (QED) is 0.851. The summed E-state index contributed by atoms with van der Waals surface area (Å²) in [6, 6.07) is 7.60. The second-order valence-corrected chi connectivity index (χ2v) is 5.07. The van der Waals surface area contributed by atoms with E-state index >= 15 is 0 Å². The Morgan fingerprint density at radius 3 is 2.44 bits per heavy atom. The molecule has 1 saturated carbocycles. The summed E-state index contributed by atoms with van der Waals surface area (Å²) in [4.78, 5) is 10.9. The number of benzene rings is 1. The van der Waals surface area contributed by atoms with Crippen LogP contribution in [0.15, 0.2) is 24.3 Å². The zero-order valence-corrected chi connectivity index (χ0v) is 10.7. The Bertz CT molecular complexity index is 395. The molecule has 3 heteroatoms. The van der Waals surface area contributed by atoms with Crippen LogP contribution in [-0.2, 0) is 0 Å². The first-order chi connectivity index (χ1) is 8.75. The molecule has 1 fully saturated rings. The van der Waals surface area contributed by atoms with Crippen molar-refractivity contribution < 1.29 is 9.90 Å². The molecule has 1 aliphatic rings. The highest BCUT2D eigenvalue weighted by atomic mass is 16.4. The zero-order valence-electron chi connectivity index (χ0n) is 10.7. The average Bonchev–Trinajstić information content (AvgIpc) is 2.33. The third kappa shape index (κ3) is 3.76. The molecule has 0 unspecified atom stereocenters. The largest absolute Gasteiger partial charge is 0.478 e. The van der Waals surface area contributed by atoms with E-state index in [0.29, 0.717) is 11.6 Å². The summed E-state index contributed by atoms with van der Waals surface area (Å²) in [6.45, 7) is 0. The van der Waals surface area contributed by atoms with Gasteiger partial charge in [-0.2, -0.15) is 0 Å². The molecule has 0 bridgehead atoms. The van der Waals surface area contributed by atoms with Crippen LogP contribution < -0.4 is 5.32 Å². The standard InChI is InChI=1S/C15H21NO2/c17-15(18)12-7-6-10-14(11-12)16-13-8-4-2-1-3-5-9-13/h6-7,10-11,13,16H,1-5,8-9H2,(H,17,18). The van der Waals surface area contributed by atoms with Gasteiger partial charge in [0.1, 0.15) is 0 Å². The van der Waals surface area contributed by atoms with Crippen LogP contribution in [0.4, 0.5) is 5.69 Å². The predicted octanol–water partition coefficient (Wildman–Crippen LogP) is 3.91. The van der Waals surface area contributed by atoms with E-state index in [4.69, 9.17) is 5.11 Å². The Hall–Kier alpha value is -1.51. The molecule has 3 nitrogen and oxygen atoms in total. The van der Waals surface area contributed by atoms with E-state index in [-0.39, 0.29) is 0 Å². The molecule has 1 aliphatic carbocycles. The Morgan fingerprint density at radius 2 is 1.78 bits per heavy atom. The molecule has 0 aromatic heterocycles. The lowest BCUT2D eigenvalue weighted by molar-refractivity contribution is 0.0697. The van der Waals surface area contributed by atoms with Crippen LogP contribution in [0.25, 0.3) is 0 Å². The van der Waals surface area contributed by atoms with Crippen LogP contribution in [0.2, 0.25) is 0 Å². The molecular formula is C15H21NO2. The van der Waals surface area contributed by atoms with Gasteiger partial charge in [0, 0.05) is 11.7 Å². The van der Waals surface area contributed by atoms with Crippen LogP contribution >= 0.6 is 0 Å². The molecule has 1 aromatic rings.